The van der Waals surface area contributed by atoms with Crippen molar-refractivity contribution in [3.05, 3.63) is 90.8 Å². The summed E-state index contributed by atoms with van der Waals surface area (Å²) < 4.78 is 13.8. The molecule has 2 aromatic carbocycles. The van der Waals surface area contributed by atoms with Crippen molar-refractivity contribution in [2.45, 2.75) is 5.85 Å². The zero-order chi connectivity index (χ0) is 15.4. The van der Waals surface area contributed by atoms with Crippen LogP contribution in [-0.4, -0.2) is 10.1 Å². The number of hydrogen-bond acceptors (Lipinski definition) is 3. The molecule has 3 aromatic rings. The van der Waals surface area contributed by atoms with E-state index in [9.17, 15) is 9.67 Å². The monoisotopic (exact) mass is 309 g/mol. The van der Waals surface area contributed by atoms with Crippen molar-refractivity contribution in [3.8, 4) is 0 Å². The highest BCUT2D eigenvalue weighted by Crippen LogP contribution is 2.55. The molecular formula is C18H16NO2P. The first-order valence-electron chi connectivity index (χ1n) is 7.02. The largest absolute Gasteiger partial charge is 0.380 e. The molecule has 0 saturated heterocycles. The van der Waals surface area contributed by atoms with Crippen molar-refractivity contribution >= 4 is 17.8 Å². The molecule has 22 heavy (non-hydrogen) atoms. The third-order valence-electron chi connectivity index (χ3n) is 3.61. The molecule has 0 radical (unpaired) electrons. The van der Waals surface area contributed by atoms with Gasteiger partial charge in [0.15, 0.2) is 7.14 Å². The van der Waals surface area contributed by atoms with Crippen LogP contribution in [0.2, 0.25) is 0 Å². The van der Waals surface area contributed by atoms with Gasteiger partial charge < -0.3 is 9.67 Å². The molecule has 3 rings (SSSR count). The van der Waals surface area contributed by atoms with Crippen molar-refractivity contribution in [3.63, 3.8) is 0 Å². The molecule has 0 saturated carbocycles. The fraction of sp³-hybridized carbons (Fsp3) is 0.0556. The Balaban J connectivity index is 2.18. The second-order valence-corrected chi connectivity index (χ2v) is 7.83. The second-order valence-electron chi connectivity index (χ2n) is 4.99. The van der Waals surface area contributed by atoms with Gasteiger partial charge in [-0.3, -0.25) is 4.98 Å². The highest BCUT2D eigenvalue weighted by molar-refractivity contribution is 7.78. The number of aliphatic hydroxyl groups excluding tert-OH is 1. The van der Waals surface area contributed by atoms with Crippen molar-refractivity contribution in [2.75, 3.05) is 0 Å². The van der Waals surface area contributed by atoms with E-state index in [2.05, 4.69) is 4.98 Å². The maximum absolute atomic E-state index is 13.8. The zero-order valence-corrected chi connectivity index (χ0v) is 12.8. The van der Waals surface area contributed by atoms with Crippen LogP contribution in [0.4, 0.5) is 0 Å². The standard InChI is InChI=1S/C18H16NO2P/c20-18(15-8-7-13-19-14-15)22(21,16-9-3-1-4-10-16)17-11-5-2-6-12-17/h1-14,18,20H/t18-/m0/s1. The molecule has 1 heterocycles. The van der Waals surface area contributed by atoms with E-state index in [-0.39, 0.29) is 0 Å². The lowest BCUT2D eigenvalue weighted by molar-refractivity contribution is 0.256. The van der Waals surface area contributed by atoms with Gasteiger partial charge in [-0.25, -0.2) is 0 Å². The fourth-order valence-corrected chi connectivity index (χ4v) is 5.13. The summed E-state index contributed by atoms with van der Waals surface area (Å²) in [7, 11) is -3.22. The van der Waals surface area contributed by atoms with Gasteiger partial charge in [-0.2, -0.15) is 0 Å². The Kier molecular flexibility index (Phi) is 4.19. The molecule has 4 heteroatoms. The molecule has 0 amide bonds. The minimum Gasteiger partial charge on any atom is -0.380 e. The average Bonchev–Trinajstić information content (AvgIpc) is 2.62. The van der Waals surface area contributed by atoms with E-state index in [4.69, 9.17) is 0 Å². The molecule has 0 bridgehead atoms. The van der Waals surface area contributed by atoms with Gasteiger partial charge >= 0.3 is 0 Å². The molecule has 1 N–H and O–H groups in total. The van der Waals surface area contributed by atoms with Gasteiger partial charge in [0.2, 0.25) is 0 Å². The van der Waals surface area contributed by atoms with E-state index in [0.717, 1.165) is 0 Å². The van der Waals surface area contributed by atoms with E-state index >= 15 is 0 Å². The molecule has 0 fully saturated rings. The quantitative estimate of drug-likeness (QED) is 0.754. The van der Waals surface area contributed by atoms with Crippen LogP contribution >= 0.6 is 7.14 Å². The number of rotatable bonds is 4. The van der Waals surface area contributed by atoms with Gasteiger partial charge in [0.1, 0.15) is 5.85 Å². The number of benzene rings is 2. The van der Waals surface area contributed by atoms with Crippen LogP contribution in [0, 0.1) is 0 Å². The average molecular weight is 309 g/mol. The maximum Gasteiger partial charge on any atom is 0.174 e. The normalized spacial score (nSPS) is 12.8. The van der Waals surface area contributed by atoms with Crippen LogP contribution < -0.4 is 10.6 Å². The van der Waals surface area contributed by atoms with Gasteiger partial charge in [0.25, 0.3) is 0 Å². The Labute approximate surface area is 129 Å². The third-order valence-corrected chi connectivity index (χ3v) is 6.72. The van der Waals surface area contributed by atoms with Gasteiger partial charge in [-0.1, -0.05) is 66.7 Å². The highest BCUT2D eigenvalue weighted by atomic mass is 31.2. The molecule has 110 valence electrons. The predicted octanol–water partition coefficient (Wildman–Crippen LogP) is 3.09. The molecule has 1 atom stereocenters. The van der Waals surface area contributed by atoms with Gasteiger partial charge in [-0.15, -0.1) is 0 Å². The number of aliphatic hydroxyl groups is 1. The predicted molar refractivity (Wildman–Crippen MR) is 89.0 cm³/mol. The van der Waals surface area contributed by atoms with Gasteiger partial charge in [-0.05, 0) is 6.07 Å². The lowest BCUT2D eigenvalue weighted by Crippen LogP contribution is -2.21. The minimum absolute atomic E-state index is 0.554. The fourth-order valence-electron chi connectivity index (χ4n) is 2.47. The van der Waals surface area contributed by atoms with Crippen molar-refractivity contribution in [2.24, 2.45) is 0 Å². The Bertz CT molecular complexity index is 732. The number of aromatic nitrogens is 1. The van der Waals surface area contributed by atoms with Gasteiger partial charge in [0.05, 0.1) is 0 Å². The molecule has 0 aliphatic rings. The summed E-state index contributed by atoms with van der Waals surface area (Å²) in [6.07, 6.45) is 3.19. The first-order chi connectivity index (χ1) is 10.7. The first kappa shape index (κ1) is 14.7. The van der Waals surface area contributed by atoms with E-state index in [1.807, 2.05) is 36.4 Å². The molecule has 0 spiro atoms. The Morgan fingerprint density at radius 3 is 1.82 bits per heavy atom. The van der Waals surface area contributed by atoms with Crippen LogP contribution in [0.5, 0.6) is 0 Å². The maximum atomic E-state index is 13.8. The Hall–Kier alpha value is -2.22. The summed E-state index contributed by atoms with van der Waals surface area (Å²) in [6, 6.07) is 21.8. The summed E-state index contributed by atoms with van der Waals surface area (Å²) in [5, 5.41) is 12.1. The van der Waals surface area contributed by atoms with Crippen LogP contribution in [-0.2, 0) is 4.57 Å². The summed E-state index contributed by atoms with van der Waals surface area (Å²) in [6.45, 7) is 0. The molecule has 0 aliphatic heterocycles. The number of pyridine rings is 1. The smallest absolute Gasteiger partial charge is 0.174 e. The molecule has 0 unspecified atom stereocenters. The highest BCUT2D eigenvalue weighted by Gasteiger charge is 2.36. The lowest BCUT2D eigenvalue weighted by atomic mass is 10.3. The lowest BCUT2D eigenvalue weighted by Gasteiger charge is -2.25. The van der Waals surface area contributed by atoms with Crippen LogP contribution in [0.25, 0.3) is 0 Å². The minimum atomic E-state index is -3.22. The molecular weight excluding hydrogens is 293 g/mol. The molecule has 0 aliphatic carbocycles. The number of nitrogens with zero attached hydrogens (tertiary/aromatic N) is 1. The Morgan fingerprint density at radius 1 is 0.818 bits per heavy atom. The third kappa shape index (κ3) is 2.61. The Morgan fingerprint density at radius 2 is 1.36 bits per heavy atom. The van der Waals surface area contributed by atoms with Crippen molar-refractivity contribution in [1.82, 2.24) is 4.98 Å². The van der Waals surface area contributed by atoms with Crippen LogP contribution in [0.1, 0.15) is 11.4 Å². The first-order valence-corrected chi connectivity index (χ1v) is 8.79. The van der Waals surface area contributed by atoms with Crippen molar-refractivity contribution in [1.29, 1.82) is 0 Å². The summed E-state index contributed by atoms with van der Waals surface area (Å²) >= 11 is 0. The number of hydrogen-bond donors (Lipinski definition) is 1. The van der Waals surface area contributed by atoms with Gasteiger partial charge in [0, 0.05) is 28.6 Å². The zero-order valence-electron chi connectivity index (χ0n) is 11.9. The van der Waals surface area contributed by atoms with E-state index in [1.165, 1.54) is 0 Å². The van der Waals surface area contributed by atoms with E-state index in [0.29, 0.717) is 16.2 Å². The summed E-state index contributed by atoms with van der Waals surface area (Å²) in [4.78, 5) is 4.03. The van der Waals surface area contributed by atoms with E-state index < -0.39 is 13.0 Å². The topological polar surface area (TPSA) is 50.2 Å². The SMILES string of the molecule is O=P(c1ccccc1)(c1ccccc1)[C@H](O)c1cccnc1. The molecule has 3 nitrogen and oxygen atoms in total. The van der Waals surface area contributed by atoms with Crippen LogP contribution in [0.15, 0.2) is 85.2 Å². The van der Waals surface area contributed by atoms with Crippen molar-refractivity contribution < 1.29 is 9.67 Å². The van der Waals surface area contributed by atoms with E-state index in [1.54, 1.807) is 48.8 Å². The second kappa shape index (κ2) is 6.27. The van der Waals surface area contributed by atoms with Crippen LogP contribution in [0.3, 0.4) is 0 Å². The summed E-state index contributed by atoms with van der Waals surface area (Å²) in [5.74, 6) is -1.12. The molecule has 1 aromatic heterocycles. The summed E-state index contributed by atoms with van der Waals surface area (Å²) in [5.41, 5.74) is 0.554.